The van der Waals surface area contributed by atoms with E-state index in [1.165, 1.54) is 0 Å². The first-order valence-corrected chi connectivity index (χ1v) is 8.87. The summed E-state index contributed by atoms with van der Waals surface area (Å²) in [6.07, 6.45) is 7.78. The lowest BCUT2D eigenvalue weighted by Gasteiger charge is -2.22. The largest absolute Gasteiger partial charge is 0.343 e. The van der Waals surface area contributed by atoms with Crippen LogP contribution in [0.25, 0.3) is 5.65 Å². The van der Waals surface area contributed by atoms with Crippen molar-refractivity contribution < 1.29 is 4.79 Å². The zero-order chi connectivity index (χ0) is 16.7. The molecule has 0 radical (unpaired) electrons. The maximum Gasteiger partial charge on any atom is 0.222 e. The van der Waals surface area contributed by atoms with Gasteiger partial charge in [-0.2, -0.15) is 0 Å². The van der Waals surface area contributed by atoms with E-state index in [1.54, 1.807) is 0 Å². The van der Waals surface area contributed by atoms with Crippen LogP contribution in [0, 0.1) is 6.92 Å². The van der Waals surface area contributed by atoms with Crippen LogP contribution in [0.5, 0.6) is 0 Å². The number of amides is 1. The average molecular weight is 315 g/mol. The number of hydrogen-bond donors (Lipinski definition) is 0. The van der Waals surface area contributed by atoms with Crippen molar-refractivity contribution in [1.82, 2.24) is 14.3 Å². The standard InChI is InChI=1S/C19H29N3O/c1-4-6-13-21(14-7-5-2)19(23)12-11-17-16(3)20-18-10-8-9-15-22(17)18/h8-10,15H,4-7,11-14H2,1-3H3. The van der Waals surface area contributed by atoms with Crippen LogP contribution in [-0.4, -0.2) is 33.3 Å². The van der Waals surface area contributed by atoms with Crippen LogP contribution in [0.1, 0.15) is 57.3 Å². The number of hydrogen-bond acceptors (Lipinski definition) is 2. The molecule has 0 N–H and O–H groups in total. The predicted octanol–water partition coefficient (Wildman–Crippen LogP) is 4.00. The summed E-state index contributed by atoms with van der Waals surface area (Å²) >= 11 is 0. The third-order valence-electron chi connectivity index (χ3n) is 4.32. The van der Waals surface area contributed by atoms with Crippen molar-refractivity contribution in [1.29, 1.82) is 0 Å². The Labute approximate surface area is 139 Å². The second kappa shape index (κ2) is 8.70. The molecule has 0 saturated heterocycles. The molecule has 0 aliphatic rings. The summed E-state index contributed by atoms with van der Waals surface area (Å²) in [5.74, 6) is 0.275. The van der Waals surface area contributed by atoms with Crippen molar-refractivity contribution >= 4 is 11.6 Å². The van der Waals surface area contributed by atoms with Gasteiger partial charge in [0.25, 0.3) is 0 Å². The van der Waals surface area contributed by atoms with Gasteiger partial charge in [-0.05, 0) is 38.3 Å². The molecule has 0 spiro atoms. The maximum atomic E-state index is 12.6. The first-order valence-electron chi connectivity index (χ1n) is 8.87. The molecular weight excluding hydrogens is 286 g/mol. The van der Waals surface area contributed by atoms with Crippen LogP contribution < -0.4 is 0 Å². The molecule has 0 fully saturated rings. The topological polar surface area (TPSA) is 37.6 Å². The highest BCUT2D eigenvalue weighted by Gasteiger charge is 2.15. The molecular formula is C19H29N3O. The molecule has 0 atom stereocenters. The normalized spacial score (nSPS) is 11.1. The minimum Gasteiger partial charge on any atom is -0.343 e. The SMILES string of the molecule is CCCCN(CCCC)C(=O)CCc1c(C)nc2ccccn12. The van der Waals surface area contributed by atoms with Crippen molar-refractivity contribution in [3.05, 3.63) is 35.8 Å². The van der Waals surface area contributed by atoms with E-state index in [4.69, 9.17) is 0 Å². The molecule has 0 bridgehead atoms. The second-order valence-corrected chi connectivity index (χ2v) is 6.16. The molecule has 0 aliphatic heterocycles. The number of unbranched alkanes of at least 4 members (excludes halogenated alkanes) is 2. The molecule has 2 aromatic rings. The van der Waals surface area contributed by atoms with Gasteiger partial charge in [-0.25, -0.2) is 4.98 Å². The number of aromatic nitrogens is 2. The van der Waals surface area contributed by atoms with E-state index in [2.05, 4.69) is 23.2 Å². The summed E-state index contributed by atoms with van der Waals surface area (Å²) in [5.41, 5.74) is 3.14. The van der Waals surface area contributed by atoms with E-state index in [0.29, 0.717) is 6.42 Å². The minimum atomic E-state index is 0.275. The maximum absolute atomic E-state index is 12.6. The first-order chi connectivity index (χ1) is 11.2. The van der Waals surface area contributed by atoms with Crippen molar-refractivity contribution in [3.63, 3.8) is 0 Å². The van der Waals surface area contributed by atoms with E-state index in [-0.39, 0.29) is 5.91 Å². The molecule has 0 unspecified atom stereocenters. The van der Waals surface area contributed by atoms with Gasteiger partial charge in [0.2, 0.25) is 5.91 Å². The average Bonchev–Trinajstić information content (AvgIpc) is 2.88. The van der Waals surface area contributed by atoms with E-state index >= 15 is 0 Å². The number of rotatable bonds is 9. The van der Waals surface area contributed by atoms with Gasteiger partial charge in [0, 0.05) is 31.4 Å². The summed E-state index contributed by atoms with van der Waals surface area (Å²) in [6, 6.07) is 6.01. The lowest BCUT2D eigenvalue weighted by molar-refractivity contribution is -0.131. The van der Waals surface area contributed by atoms with Crippen molar-refractivity contribution in [2.45, 2.75) is 59.3 Å². The Morgan fingerprint density at radius 2 is 1.87 bits per heavy atom. The van der Waals surface area contributed by atoms with Gasteiger partial charge in [0.15, 0.2) is 0 Å². The molecule has 0 saturated carbocycles. The number of nitrogens with zero attached hydrogens (tertiary/aromatic N) is 3. The molecule has 4 nitrogen and oxygen atoms in total. The number of carbonyl (C=O) groups is 1. The lowest BCUT2D eigenvalue weighted by Crippen LogP contribution is -2.33. The van der Waals surface area contributed by atoms with Gasteiger partial charge in [0.1, 0.15) is 5.65 Å². The molecule has 0 aliphatic carbocycles. The number of aryl methyl sites for hydroxylation is 2. The van der Waals surface area contributed by atoms with Gasteiger partial charge >= 0.3 is 0 Å². The molecule has 2 aromatic heterocycles. The Balaban J connectivity index is 2.01. The Bertz CT molecular complexity index is 625. The molecule has 126 valence electrons. The molecule has 2 rings (SSSR count). The molecule has 4 heteroatoms. The smallest absolute Gasteiger partial charge is 0.222 e. The first kappa shape index (κ1) is 17.5. The van der Waals surface area contributed by atoms with E-state index in [1.807, 2.05) is 36.2 Å². The lowest BCUT2D eigenvalue weighted by atomic mass is 10.1. The fraction of sp³-hybridized carbons (Fsp3) is 0.579. The summed E-state index contributed by atoms with van der Waals surface area (Å²) < 4.78 is 2.10. The van der Waals surface area contributed by atoms with E-state index < -0.39 is 0 Å². The summed E-state index contributed by atoms with van der Waals surface area (Å²) in [6.45, 7) is 8.15. The monoisotopic (exact) mass is 315 g/mol. The third-order valence-corrected chi connectivity index (χ3v) is 4.32. The van der Waals surface area contributed by atoms with Gasteiger partial charge in [0.05, 0.1) is 5.69 Å². The van der Waals surface area contributed by atoms with Crippen molar-refractivity contribution in [2.24, 2.45) is 0 Å². The zero-order valence-corrected chi connectivity index (χ0v) is 14.7. The molecule has 0 aromatic carbocycles. The van der Waals surface area contributed by atoms with Crippen molar-refractivity contribution in [2.75, 3.05) is 13.1 Å². The summed E-state index contributed by atoms with van der Waals surface area (Å²) in [7, 11) is 0. The van der Waals surface area contributed by atoms with Crippen LogP contribution in [-0.2, 0) is 11.2 Å². The van der Waals surface area contributed by atoms with Crippen molar-refractivity contribution in [3.8, 4) is 0 Å². The quantitative estimate of drug-likeness (QED) is 0.701. The van der Waals surface area contributed by atoms with Crippen LogP contribution in [0.3, 0.4) is 0 Å². The highest BCUT2D eigenvalue weighted by atomic mass is 16.2. The Hall–Kier alpha value is -1.84. The number of fused-ring (bicyclic) bond motifs is 1. The third kappa shape index (κ3) is 4.57. The van der Waals surface area contributed by atoms with Gasteiger partial charge in [-0.1, -0.05) is 32.8 Å². The summed E-state index contributed by atoms with van der Waals surface area (Å²) in [4.78, 5) is 19.2. The van der Waals surface area contributed by atoms with Crippen LogP contribution in [0.4, 0.5) is 0 Å². The number of carbonyl (C=O) groups excluding carboxylic acids is 1. The molecule has 23 heavy (non-hydrogen) atoms. The minimum absolute atomic E-state index is 0.275. The Morgan fingerprint density at radius 1 is 1.17 bits per heavy atom. The van der Waals surface area contributed by atoms with Crippen LogP contribution >= 0.6 is 0 Å². The van der Waals surface area contributed by atoms with Crippen LogP contribution in [0.15, 0.2) is 24.4 Å². The molecule has 2 heterocycles. The number of pyridine rings is 1. The van der Waals surface area contributed by atoms with Gasteiger partial charge in [-0.3, -0.25) is 4.79 Å². The number of imidazole rings is 1. The molecule has 1 amide bonds. The highest BCUT2D eigenvalue weighted by molar-refractivity contribution is 5.76. The van der Waals surface area contributed by atoms with E-state index in [9.17, 15) is 4.79 Å². The van der Waals surface area contributed by atoms with Gasteiger partial charge in [-0.15, -0.1) is 0 Å². The Morgan fingerprint density at radius 3 is 2.52 bits per heavy atom. The zero-order valence-electron chi connectivity index (χ0n) is 14.7. The predicted molar refractivity (Wildman–Crippen MR) is 94.6 cm³/mol. The highest BCUT2D eigenvalue weighted by Crippen LogP contribution is 2.14. The fourth-order valence-corrected chi connectivity index (χ4v) is 2.91. The van der Waals surface area contributed by atoms with E-state index in [0.717, 1.165) is 62.2 Å². The summed E-state index contributed by atoms with van der Waals surface area (Å²) in [5, 5.41) is 0. The van der Waals surface area contributed by atoms with Crippen LogP contribution in [0.2, 0.25) is 0 Å². The second-order valence-electron chi connectivity index (χ2n) is 6.16. The Kier molecular flexibility index (Phi) is 6.63. The van der Waals surface area contributed by atoms with Gasteiger partial charge < -0.3 is 9.30 Å². The fourth-order valence-electron chi connectivity index (χ4n) is 2.91.